The van der Waals surface area contributed by atoms with Gasteiger partial charge >= 0.3 is 6.09 Å². The van der Waals surface area contributed by atoms with Crippen LogP contribution in [0.5, 0.6) is 0 Å². The maximum atomic E-state index is 12.0. The Balaban J connectivity index is 1.25. The van der Waals surface area contributed by atoms with Crippen molar-refractivity contribution in [2.75, 3.05) is 25.1 Å². The van der Waals surface area contributed by atoms with Crippen LogP contribution < -0.4 is 10.6 Å². The minimum atomic E-state index is -1.24. The average Bonchev–Trinajstić information content (AvgIpc) is 3.58. The predicted molar refractivity (Wildman–Crippen MR) is 111 cm³/mol. The lowest BCUT2D eigenvalue weighted by Crippen LogP contribution is -2.38. The number of nitrogens with one attached hydrogen (secondary N) is 2. The number of hydrogen-bond donors (Lipinski definition) is 4. The van der Waals surface area contributed by atoms with Crippen LogP contribution in [0.1, 0.15) is 38.3 Å². The van der Waals surface area contributed by atoms with E-state index in [2.05, 4.69) is 25.6 Å². The Morgan fingerprint density at radius 2 is 2.00 bits per heavy atom. The van der Waals surface area contributed by atoms with Crippen LogP contribution >= 0.6 is 0 Å². The highest BCUT2D eigenvalue weighted by Crippen LogP contribution is 2.32. The number of alkyl carbamates (subject to hydrolysis) is 1. The molecule has 12 nitrogen and oxygen atoms in total. The first kappa shape index (κ1) is 21.3. The maximum absolute atomic E-state index is 12.0. The highest BCUT2D eigenvalue weighted by molar-refractivity contribution is 5.82. The Bertz CT molecular complexity index is 944. The fourth-order valence-corrected chi connectivity index (χ4v) is 4.52. The summed E-state index contributed by atoms with van der Waals surface area (Å²) >= 11 is 0. The van der Waals surface area contributed by atoms with E-state index in [0.29, 0.717) is 30.2 Å². The first-order valence-electron chi connectivity index (χ1n) is 11.1. The summed E-state index contributed by atoms with van der Waals surface area (Å²) in [6.07, 6.45) is 3.02. The molecule has 174 valence electrons. The van der Waals surface area contributed by atoms with E-state index in [0.717, 1.165) is 32.1 Å². The van der Waals surface area contributed by atoms with Gasteiger partial charge in [-0.25, -0.2) is 19.7 Å². The highest BCUT2D eigenvalue weighted by atomic mass is 16.6. The van der Waals surface area contributed by atoms with Crippen LogP contribution in [-0.4, -0.2) is 86.0 Å². The van der Waals surface area contributed by atoms with Gasteiger partial charge in [0.1, 0.15) is 31.2 Å². The summed E-state index contributed by atoms with van der Waals surface area (Å²) in [5.41, 5.74) is 0.985. The molecule has 2 saturated heterocycles. The van der Waals surface area contributed by atoms with Gasteiger partial charge in [0, 0.05) is 12.6 Å². The third kappa shape index (κ3) is 4.22. The summed E-state index contributed by atoms with van der Waals surface area (Å²) in [4.78, 5) is 25.0. The number of aliphatic hydroxyl groups excluding tert-OH is 2. The molecule has 1 saturated carbocycles. The van der Waals surface area contributed by atoms with E-state index in [1.807, 2.05) is 0 Å². The van der Waals surface area contributed by atoms with Crippen molar-refractivity contribution in [3.8, 4) is 0 Å². The normalized spacial score (nSPS) is 30.8. The second-order valence-corrected chi connectivity index (χ2v) is 8.52. The number of hydrogen-bond acceptors (Lipinski definition) is 10. The molecular weight excluding hydrogens is 420 g/mol. The van der Waals surface area contributed by atoms with E-state index in [4.69, 9.17) is 14.2 Å². The third-order valence-electron chi connectivity index (χ3n) is 6.30. The fourth-order valence-electron chi connectivity index (χ4n) is 4.52. The van der Waals surface area contributed by atoms with Crippen LogP contribution in [0.2, 0.25) is 0 Å². The molecule has 0 spiro atoms. The molecule has 2 aliphatic heterocycles. The van der Waals surface area contributed by atoms with E-state index in [9.17, 15) is 15.0 Å². The number of fused-ring (bicyclic) bond motifs is 1. The van der Waals surface area contributed by atoms with Crippen molar-refractivity contribution in [2.45, 2.75) is 68.7 Å². The SMILES string of the molecule is O=C(NC1CCCC1)OCC1OC(n2cnc3c(N[C@@H]4CCOC4)ncnc32)C(O)C1O. The fraction of sp³-hybridized carbons (Fsp3) is 0.700. The van der Waals surface area contributed by atoms with Crippen LogP contribution in [0.4, 0.5) is 10.6 Å². The van der Waals surface area contributed by atoms with E-state index >= 15 is 0 Å². The van der Waals surface area contributed by atoms with Crippen LogP contribution in [-0.2, 0) is 14.2 Å². The Hall–Kier alpha value is -2.54. The van der Waals surface area contributed by atoms with Crippen LogP contribution in [0, 0.1) is 0 Å². The van der Waals surface area contributed by atoms with E-state index in [1.165, 1.54) is 12.7 Å². The van der Waals surface area contributed by atoms with Crippen molar-refractivity contribution in [1.29, 1.82) is 0 Å². The van der Waals surface area contributed by atoms with Crippen molar-refractivity contribution in [1.82, 2.24) is 24.8 Å². The molecule has 32 heavy (non-hydrogen) atoms. The number of anilines is 1. The number of amides is 1. The summed E-state index contributed by atoms with van der Waals surface area (Å²) in [7, 11) is 0. The number of ether oxygens (including phenoxy) is 3. The minimum Gasteiger partial charge on any atom is -0.447 e. The van der Waals surface area contributed by atoms with Gasteiger partial charge < -0.3 is 35.1 Å². The van der Waals surface area contributed by atoms with Crippen LogP contribution in [0.15, 0.2) is 12.7 Å². The van der Waals surface area contributed by atoms with E-state index < -0.39 is 30.6 Å². The largest absolute Gasteiger partial charge is 0.447 e. The molecule has 12 heteroatoms. The van der Waals surface area contributed by atoms with Crippen molar-refractivity contribution in [2.24, 2.45) is 0 Å². The Labute approximate surface area is 184 Å². The van der Waals surface area contributed by atoms with Gasteiger partial charge in [-0.3, -0.25) is 4.57 Å². The quantitative estimate of drug-likeness (QED) is 0.486. The van der Waals surface area contributed by atoms with Crippen molar-refractivity contribution in [3.05, 3.63) is 12.7 Å². The zero-order chi connectivity index (χ0) is 22.1. The van der Waals surface area contributed by atoms with Gasteiger partial charge in [0.2, 0.25) is 0 Å². The van der Waals surface area contributed by atoms with Gasteiger partial charge in [-0.05, 0) is 19.3 Å². The van der Waals surface area contributed by atoms with Gasteiger partial charge in [-0.1, -0.05) is 12.8 Å². The molecule has 3 aliphatic rings. The molecule has 4 unspecified atom stereocenters. The molecule has 5 rings (SSSR count). The van der Waals surface area contributed by atoms with Crippen LogP contribution in [0.3, 0.4) is 0 Å². The summed E-state index contributed by atoms with van der Waals surface area (Å²) in [6, 6.07) is 0.274. The number of imidazole rings is 1. The van der Waals surface area contributed by atoms with Crippen molar-refractivity contribution < 1.29 is 29.2 Å². The monoisotopic (exact) mass is 448 g/mol. The second kappa shape index (κ2) is 9.14. The molecule has 1 amide bonds. The number of rotatable bonds is 6. The molecule has 4 N–H and O–H groups in total. The molecule has 5 atom stereocenters. The Morgan fingerprint density at radius 1 is 1.16 bits per heavy atom. The standard InChI is InChI=1S/C20H28N6O6/c27-15-13(8-31-20(29)25-11-3-1-2-4-11)32-19(16(15)28)26-10-23-14-17(21-9-22-18(14)26)24-12-5-6-30-7-12/h9-13,15-16,19,27-28H,1-8H2,(H,25,29)(H,21,22,24)/t12-,13?,15?,16?,19?/m1/s1. The highest BCUT2D eigenvalue weighted by Gasteiger charge is 2.45. The lowest BCUT2D eigenvalue weighted by Gasteiger charge is -2.17. The molecule has 0 radical (unpaired) electrons. The first-order chi connectivity index (χ1) is 15.6. The number of aromatic nitrogens is 4. The molecule has 0 aromatic carbocycles. The molecule has 2 aromatic heterocycles. The number of carbonyl (C=O) groups is 1. The van der Waals surface area contributed by atoms with Crippen molar-refractivity contribution in [3.63, 3.8) is 0 Å². The number of aliphatic hydroxyl groups is 2. The molecule has 2 aromatic rings. The topological polar surface area (TPSA) is 153 Å². The summed E-state index contributed by atoms with van der Waals surface area (Å²) in [6.45, 7) is 1.12. The summed E-state index contributed by atoms with van der Waals surface area (Å²) in [5, 5.41) is 27.2. The van der Waals surface area contributed by atoms with Gasteiger partial charge in [0.05, 0.1) is 19.0 Å². The van der Waals surface area contributed by atoms with Crippen LogP contribution in [0.25, 0.3) is 11.2 Å². The van der Waals surface area contributed by atoms with Gasteiger partial charge in [-0.2, -0.15) is 0 Å². The van der Waals surface area contributed by atoms with Crippen molar-refractivity contribution >= 4 is 23.1 Å². The molecule has 0 bridgehead atoms. The summed E-state index contributed by atoms with van der Waals surface area (Å²) in [5.74, 6) is 0.570. The van der Waals surface area contributed by atoms with Gasteiger partial charge in [0.15, 0.2) is 23.2 Å². The maximum Gasteiger partial charge on any atom is 0.407 e. The summed E-state index contributed by atoms with van der Waals surface area (Å²) < 4.78 is 18.0. The Kier molecular flexibility index (Phi) is 6.09. The predicted octanol–water partition coefficient (Wildman–Crippen LogP) is 0.315. The second-order valence-electron chi connectivity index (χ2n) is 8.52. The Morgan fingerprint density at radius 3 is 2.78 bits per heavy atom. The van der Waals surface area contributed by atoms with Gasteiger partial charge in [0.25, 0.3) is 0 Å². The third-order valence-corrected chi connectivity index (χ3v) is 6.30. The number of carbonyl (C=O) groups excluding carboxylic acids is 1. The smallest absolute Gasteiger partial charge is 0.407 e. The van der Waals surface area contributed by atoms with E-state index in [1.54, 1.807) is 4.57 Å². The van der Waals surface area contributed by atoms with Gasteiger partial charge in [-0.15, -0.1) is 0 Å². The number of nitrogens with zero attached hydrogens (tertiary/aromatic N) is 4. The van der Waals surface area contributed by atoms with E-state index in [-0.39, 0.29) is 18.7 Å². The lowest BCUT2D eigenvalue weighted by atomic mass is 10.1. The zero-order valence-corrected chi connectivity index (χ0v) is 17.6. The first-order valence-corrected chi connectivity index (χ1v) is 11.1. The minimum absolute atomic E-state index is 0.130. The zero-order valence-electron chi connectivity index (χ0n) is 17.6. The molecular formula is C20H28N6O6. The molecule has 1 aliphatic carbocycles. The lowest BCUT2D eigenvalue weighted by molar-refractivity contribution is -0.0534. The molecule has 4 heterocycles. The average molecular weight is 448 g/mol. The molecule has 3 fully saturated rings.